The highest BCUT2D eigenvalue weighted by atomic mass is 35.5. The number of benzene rings is 1. The van der Waals surface area contributed by atoms with E-state index >= 15 is 0 Å². The van der Waals surface area contributed by atoms with Gasteiger partial charge in [0, 0.05) is 11.6 Å². The molecule has 7 heteroatoms. The Morgan fingerprint density at radius 1 is 1.36 bits per heavy atom. The van der Waals surface area contributed by atoms with Gasteiger partial charge in [-0.05, 0) is 32.0 Å². The maximum atomic E-state index is 12.6. The molecule has 0 bridgehead atoms. The van der Waals surface area contributed by atoms with Crippen LogP contribution in [0.5, 0.6) is 0 Å². The monoisotopic (exact) mass is 353 g/mol. The molecule has 1 heterocycles. The van der Waals surface area contributed by atoms with Crippen molar-refractivity contribution in [3.05, 3.63) is 44.2 Å². The minimum Gasteiger partial charge on any atom is -0.396 e. The molecule has 0 atom stereocenters. The second kappa shape index (κ2) is 6.57. The van der Waals surface area contributed by atoms with Crippen LogP contribution in [0.25, 0.3) is 0 Å². The van der Waals surface area contributed by atoms with Crippen LogP contribution in [0.3, 0.4) is 0 Å². The molecule has 0 spiro atoms. The maximum Gasteiger partial charge on any atom is 0.205 e. The van der Waals surface area contributed by atoms with Crippen molar-refractivity contribution in [1.82, 2.24) is 0 Å². The number of anilines is 2. The van der Waals surface area contributed by atoms with Crippen molar-refractivity contribution in [1.29, 1.82) is 5.26 Å². The van der Waals surface area contributed by atoms with Crippen molar-refractivity contribution in [2.75, 3.05) is 11.1 Å². The van der Waals surface area contributed by atoms with Crippen molar-refractivity contribution in [2.45, 2.75) is 19.9 Å². The molecule has 2 aromatic rings. The molecule has 0 amide bonds. The average molecular weight is 354 g/mol. The maximum absolute atomic E-state index is 12.6. The molecule has 114 valence electrons. The predicted molar refractivity (Wildman–Crippen MR) is 92.1 cm³/mol. The molecule has 0 radical (unpaired) electrons. The van der Waals surface area contributed by atoms with Gasteiger partial charge < -0.3 is 11.1 Å². The van der Waals surface area contributed by atoms with E-state index in [9.17, 15) is 10.1 Å². The Hall–Kier alpha value is -1.74. The summed E-state index contributed by atoms with van der Waals surface area (Å²) in [4.78, 5) is 12.9. The fourth-order valence-electron chi connectivity index (χ4n) is 1.86. The third-order valence-corrected chi connectivity index (χ3v) is 4.74. The summed E-state index contributed by atoms with van der Waals surface area (Å²) in [6.45, 7) is 3.88. The number of ketones is 1. The minimum atomic E-state index is -0.283. The molecular weight excluding hydrogens is 341 g/mol. The van der Waals surface area contributed by atoms with Gasteiger partial charge in [-0.1, -0.05) is 23.2 Å². The van der Waals surface area contributed by atoms with Gasteiger partial charge >= 0.3 is 0 Å². The van der Waals surface area contributed by atoms with Gasteiger partial charge in [0.25, 0.3) is 0 Å². The van der Waals surface area contributed by atoms with Gasteiger partial charge in [-0.2, -0.15) is 5.26 Å². The second-order valence-corrected chi connectivity index (χ2v) is 6.75. The highest BCUT2D eigenvalue weighted by Crippen LogP contribution is 2.37. The molecule has 0 aliphatic rings. The SMILES string of the molecule is CC(C)Nc1sc(C(=O)c2ccc(Cl)c(Cl)c2)c(N)c1C#N. The molecule has 0 fully saturated rings. The topological polar surface area (TPSA) is 78.9 Å². The Morgan fingerprint density at radius 3 is 2.59 bits per heavy atom. The number of rotatable bonds is 4. The average Bonchev–Trinajstić information content (AvgIpc) is 2.76. The molecule has 4 nitrogen and oxygen atoms in total. The number of nitrogens with zero attached hydrogens (tertiary/aromatic N) is 1. The van der Waals surface area contributed by atoms with Crippen molar-refractivity contribution in [3.63, 3.8) is 0 Å². The molecule has 2 rings (SSSR count). The highest BCUT2D eigenvalue weighted by molar-refractivity contribution is 7.19. The molecule has 0 unspecified atom stereocenters. The summed E-state index contributed by atoms with van der Waals surface area (Å²) in [5.41, 5.74) is 6.82. The Bertz CT molecular complexity index is 778. The van der Waals surface area contributed by atoms with Gasteiger partial charge in [0.15, 0.2) is 0 Å². The van der Waals surface area contributed by atoms with E-state index in [1.807, 2.05) is 19.9 Å². The van der Waals surface area contributed by atoms with Crippen LogP contribution in [0.15, 0.2) is 18.2 Å². The fourth-order valence-corrected chi connectivity index (χ4v) is 3.33. The lowest BCUT2D eigenvalue weighted by Crippen LogP contribution is -2.09. The lowest BCUT2D eigenvalue weighted by Gasteiger charge is -2.06. The van der Waals surface area contributed by atoms with E-state index in [1.165, 1.54) is 17.4 Å². The van der Waals surface area contributed by atoms with Gasteiger partial charge in [0.05, 0.1) is 15.7 Å². The lowest BCUT2D eigenvalue weighted by atomic mass is 10.1. The molecule has 1 aromatic carbocycles. The molecule has 0 aliphatic heterocycles. The Kier molecular flexibility index (Phi) is 4.97. The zero-order chi connectivity index (χ0) is 16.4. The van der Waals surface area contributed by atoms with Crippen LogP contribution < -0.4 is 11.1 Å². The Morgan fingerprint density at radius 2 is 2.05 bits per heavy atom. The van der Waals surface area contributed by atoms with E-state index in [1.54, 1.807) is 12.1 Å². The van der Waals surface area contributed by atoms with Crippen LogP contribution in [0.4, 0.5) is 10.7 Å². The van der Waals surface area contributed by atoms with E-state index in [0.29, 0.717) is 31.1 Å². The molecule has 3 N–H and O–H groups in total. The zero-order valence-corrected chi connectivity index (χ0v) is 14.2. The highest BCUT2D eigenvalue weighted by Gasteiger charge is 2.22. The largest absolute Gasteiger partial charge is 0.396 e. The molecule has 0 saturated heterocycles. The molecule has 0 saturated carbocycles. The number of thiophene rings is 1. The Balaban J connectivity index is 2.48. The second-order valence-electron chi connectivity index (χ2n) is 4.92. The molecule has 1 aromatic heterocycles. The summed E-state index contributed by atoms with van der Waals surface area (Å²) in [5, 5.41) is 13.6. The van der Waals surface area contributed by atoms with Gasteiger partial charge in [-0.15, -0.1) is 11.3 Å². The summed E-state index contributed by atoms with van der Waals surface area (Å²) < 4.78 is 0. The van der Waals surface area contributed by atoms with E-state index < -0.39 is 0 Å². The standard InChI is InChI=1S/C15H13Cl2N3OS/c1-7(2)20-15-9(6-18)12(19)14(22-15)13(21)8-3-4-10(16)11(17)5-8/h3-5,7,20H,19H2,1-2H3. The van der Waals surface area contributed by atoms with Crippen molar-refractivity contribution >= 4 is 51.0 Å². The van der Waals surface area contributed by atoms with Crippen molar-refractivity contribution in [2.24, 2.45) is 0 Å². The van der Waals surface area contributed by atoms with Crippen LogP contribution in [-0.4, -0.2) is 11.8 Å². The zero-order valence-electron chi connectivity index (χ0n) is 11.9. The summed E-state index contributed by atoms with van der Waals surface area (Å²) in [7, 11) is 0. The van der Waals surface area contributed by atoms with Crippen molar-refractivity contribution in [3.8, 4) is 6.07 Å². The van der Waals surface area contributed by atoms with Crippen molar-refractivity contribution < 1.29 is 4.79 Å². The number of hydrogen-bond acceptors (Lipinski definition) is 5. The number of carbonyl (C=O) groups excluding carboxylic acids is 1. The summed E-state index contributed by atoms with van der Waals surface area (Å²) in [6, 6.07) is 6.79. The smallest absolute Gasteiger partial charge is 0.205 e. The summed E-state index contributed by atoms with van der Waals surface area (Å²) >= 11 is 13.0. The van der Waals surface area contributed by atoms with Crippen LogP contribution in [0.2, 0.25) is 10.0 Å². The number of hydrogen-bond donors (Lipinski definition) is 2. The summed E-state index contributed by atoms with van der Waals surface area (Å²) in [6.07, 6.45) is 0. The van der Waals surface area contributed by atoms with Gasteiger partial charge in [0.2, 0.25) is 5.78 Å². The number of nitrogen functional groups attached to an aromatic ring is 1. The van der Waals surface area contributed by atoms with E-state index in [4.69, 9.17) is 28.9 Å². The van der Waals surface area contributed by atoms with Gasteiger partial charge in [0.1, 0.15) is 21.5 Å². The fraction of sp³-hybridized carbons (Fsp3) is 0.200. The van der Waals surface area contributed by atoms with E-state index in [0.717, 1.165) is 0 Å². The number of nitrogens with one attached hydrogen (secondary N) is 1. The molecule has 22 heavy (non-hydrogen) atoms. The number of carbonyl (C=O) groups is 1. The third-order valence-electron chi connectivity index (χ3n) is 2.86. The predicted octanol–water partition coefficient (Wildman–Crippen LogP) is 4.56. The van der Waals surface area contributed by atoms with E-state index in [-0.39, 0.29) is 17.5 Å². The molecule has 0 aliphatic carbocycles. The summed E-state index contributed by atoms with van der Waals surface area (Å²) in [5.74, 6) is -0.283. The quantitative estimate of drug-likeness (QED) is 0.789. The van der Waals surface area contributed by atoms with Gasteiger partial charge in [-0.3, -0.25) is 4.79 Å². The first-order chi connectivity index (χ1) is 10.3. The van der Waals surface area contributed by atoms with Gasteiger partial charge in [-0.25, -0.2) is 0 Å². The number of halogens is 2. The number of nitrogens with two attached hydrogens (primary N) is 1. The number of nitriles is 1. The van der Waals surface area contributed by atoms with Crippen LogP contribution in [0.1, 0.15) is 34.6 Å². The first-order valence-corrected chi connectivity index (χ1v) is 8.01. The first-order valence-electron chi connectivity index (χ1n) is 6.43. The third kappa shape index (κ3) is 3.20. The van der Waals surface area contributed by atoms with Crippen LogP contribution in [0, 0.1) is 11.3 Å². The Labute approximate surface area is 142 Å². The normalized spacial score (nSPS) is 10.5. The van der Waals surface area contributed by atoms with Crippen LogP contribution >= 0.6 is 34.5 Å². The minimum absolute atomic E-state index is 0.123. The van der Waals surface area contributed by atoms with E-state index in [2.05, 4.69) is 5.32 Å². The first kappa shape index (κ1) is 16.6. The lowest BCUT2D eigenvalue weighted by molar-refractivity contribution is 0.104. The molecular formula is C15H13Cl2N3OS. The van der Waals surface area contributed by atoms with Crippen LogP contribution in [-0.2, 0) is 0 Å².